The Balaban J connectivity index is 3.00. The van der Waals surface area contributed by atoms with Gasteiger partial charge in [-0.05, 0) is 31.0 Å². The maximum absolute atomic E-state index is 12.4. The molecule has 1 N–H and O–H groups in total. The van der Waals surface area contributed by atoms with Gasteiger partial charge in [-0.1, -0.05) is 6.08 Å². The lowest BCUT2D eigenvalue weighted by molar-refractivity contribution is 0.273. The van der Waals surface area contributed by atoms with E-state index in [2.05, 4.69) is 6.58 Å². The largest absolute Gasteiger partial charge is 0.496 e. The Hall–Kier alpha value is -1.37. The molecule has 1 aromatic carbocycles. The zero-order valence-corrected chi connectivity index (χ0v) is 12.7. The molecule has 0 bridgehead atoms. The maximum Gasteiger partial charge on any atom is 0.242 e. The summed E-state index contributed by atoms with van der Waals surface area (Å²) in [6.07, 6.45) is 3.25. The van der Waals surface area contributed by atoms with Crippen LogP contribution in [-0.2, 0) is 16.6 Å². The van der Waals surface area contributed by atoms with Crippen LogP contribution in [0.1, 0.15) is 18.4 Å². The van der Waals surface area contributed by atoms with Crippen LogP contribution in [0.25, 0.3) is 0 Å². The van der Waals surface area contributed by atoms with E-state index in [0.29, 0.717) is 17.9 Å². The summed E-state index contributed by atoms with van der Waals surface area (Å²) < 4.78 is 31.1. The summed E-state index contributed by atoms with van der Waals surface area (Å²) in [4.78, 5) is 0.156. The van der Waals surface area contributed by atoms with Gasteiger partial charge in [0.15, 0.2) is 0 Å². The lowest BCUT2D eigenvalue weighted by Gasteiger charge is -2.18. The molecule has 0 heterocycles. The number of hydrogen-bond acceptors (Lipinski definition) is 4. The van der Waals surface area contributed by atoms with Crippen molar-refractivity contribution in [2.24, 2.45) is 0 Å². The van der Waals surface area contributed by atoms with Gasteiger partial charge in [0, 0.05) is 19.2 Å². The zero-order chi connectivity index (χ0) is 15.2. The Morgan fingerprint density at radius 2 is 2.15 bits per heavy atom. The molecule has 20 heavy (non-hydrogen) atoms. The van der Waals surface area contributed by atoms with Gasteiger partial charge < -0.3 is 9.84 Å². The standard InChI is InChI=1S/C14H21NO4S/c1-4-5-6-9-15(2)20(17,18)13-7-8-14(19-3)12(10-13)11-16/h4,7-8,10,16H,1,5-6,9,11H2,2-3H3. The quantitative estimate of drug-likeness (QED) is 0.587. The third-order valence-corrected chi connectivity index (χ3v) is 4.86. The molecule has 0 saturated heterocycles. The van der Waals surface area contributed by atoms with Gasteiger partial charge in [-0.2, -0.15) is 0 Å². The van der Waals surface area contributed by atoms with Crippen LogP contribution < -0.4 is 4.74 Å². The van der Waals surface area contributed by atoms with Crippen LogP contribution in [0.4, 0.5) is 0 Å². The van der Waals surface area contributed by atoms with Crippen molar-refractivity contribution in [2.45, 2.75) is 24.3 Å². The molecule has 5 nitrogen and oxygen atoms in total. The van der Waals surface area contributed by atoms with Gasteiger partial charge in [-0.15, -0.1) is 6.58 Å². The normalized spacial score (nSPS) is 11.6. The van der Waals surface area contributed by atoms with Gasteiger partial charge >= 0.3 is 0 Å². The van der Waals surface area contributed by atoms with Crippen molar-refractivity contribution in [1.29, 1.82) is 0 Å². The topological polar surface area (TPSA) is 66.8 Å². The monoisotopic (exact) mass is 299 g/mol. The first-order valence-electron chi connectivity index (χ1n) is 6.32. The highest BCUT2D eigenvalue weighted by Crippen LogP contribution is 2.24. The number of sulfonamides is 1. The molecule has 0 fully saturated rings. The number of unbranched alkanes of at least 4 members (excludes halogenated alkanes) is 1. The second-order valence-electron chi connectivity index (χ2n) is 4.39. The van der Waals surface area contributed by atoms with Gasteiger partial charge in [0.25, 0.3) is 0 Å². The Morgan fingerprint density at radius 3 is 2.70 bits per heavy atom. The zero-order valence-electron chi connectivity index (χ0n) is 11.9. The highest BCUT2D eigenvalue weighted by molar-refractivity contribution is 7.89. The molecule has 0 radical (unpaired) electrons. The minimum atomic E-state index is -3.54. The maximum atomic E-state index is 12.4. The molecule has 0 unspecified atom stereocenters. The van der Waals surface area contributed by atoms with Crippen LogP contribution in [0.3, 0.4) is 0 Å². The second kappa shape index (κ2) is 7.42. The van der Waals surface area contributed by atoms with Crippen molar-refractivity contribution >= 4 is 10.0 Å². The van der Waals surface area contributed by atoms with E-state index in [-0.39, 0.29) is 11.5 Å². The average molecular weight is 299 g/mol. The van der Waals surface area contributed by atoms with Crippen molar-refractivity contribution in [1.82, 2.24) is 4.31 Å². The number of benzene rings is 1. The molecule has 112 valence electrons. The van der Waals surface area contributed by atoms with Crippen molar-refractivity contribution in [3.05, 3.63) is 36.4 Å². The van der Waals surface area contributed by atoms with E-state index in [1.165, 1.54) is 23.5 Å². The lowest BCUT2D eigenvalue weighted by Crippen LogP contribution is -2.28. The summed E-state index contributed by atoms with van der Waals surface area (Å²) in [5, 5.41) is 9.25. The fourth-order valence-corrected chi connectivity index (χ4v) is 3.06. The summed E-state index contributed by atoms with van der Waals surface area (Å²) in [6.45, 7) is 3.76. The number of nitrogens with zero attached hydrogens (tertiary/aromatic N) is 1. The molecular weight excluding hydrogens is 278 g/mol. The van der Waals surface area contributed by atoms with Crippen LogP contribution in [0.2, 0.25) is 0 Å². The molecule has 0 aliphatic rings. The smallest absolute Gasteiger partial charge is 0.242 e. The Labute approximate surface area is 120 Å². The molecule has 0 amide bonds. The van der Waals surface area contributed by atoms with Gasteiger partial charge in [0.05, 0.1) is 18.6 Å². The van der Waals surface area contributed by atoms with Crippen molar-refractivity contribution in [2.75, 3.05) is 20.7 Å². The first-order valence-corrected chi connectivity index (χ1v) is 7.76. The fourth-order valence-electron chi connectivity index (χ4n) is 1.80. The second-order valence-corrected chi connectivity index (χ2v) is 6.43. The summed E-state index contributed by atoms with van der Waals surface area (Å²) >= 11 is 0. The third-order valence-electron chi connectivity index (χ3n) is 3.01. The molecular formula is C14H21NO4S. The van der Waals surface area contributed by atoms with Gasteiger partial charge in [-0.25, -0.2) is 12.7 Å². The molecule has 1 aromatic rings. The average Bonchev–Trinajstić information content (AvgIpc) is 2.46. The first-order chi connectivity index (χ1) is 9.47. The Kier molecular flexibility index (Phi) is 6.19. The van der Waals surface area contributed by atoms with Crippen LogP contribution in [0, 0.1) is 0 Å². The van der Waals surface area contributed by atoms with Gasteiger partial charge in [-0.3, -0.25) is 0 Å². The molecule has 0 atom stereocenters. The number of rotatable bonds is 8. The number of methoxy groups -OCH3 is 1. The molecule has 0 spiro atoms. The minimum Gasteiger partial charge on any atom is -0.496 e. The highest BCUT2D eigenvalue weighted by atomic mass is 32.2. The molecule has 0 saturated carbocycles. The SMILES string of the molecule is C=CCCCN(C)S(=O)(=O)c1ccc(OC)c(CO)c1. The summed E-state index contributed by atoms with van der Waals surface area (Å²) in [6, 6.07) is 4.48. The van der Waals surface area contributed by atoms with Crippen molar-refractivity contribution in [3.63, 3.8) is 0 Å². The predicted octanol–water partition coefficient (Wildman–Crippen LogP) is 1.77. The van der Waals surface area contributed by atoms with E-state index in [4.69, 9.17) is 4.74 Å². The van der Waals surface area contributed by atoms with E-state index in [0.717, 1.165) is 12.8 Å². The number of allylic oxidation sites excluding steroid dienone is 1. The van der Waals surface area contributed by atoms with Crippen molar-refractivity contribution < 1.29 is 18.3 Å². The number of ether oxygens (including phenoxy) is 1. The number of aliphatic hydroxyl groups is 1. The van der Waals surface area contributed by atoms with E-state index < -0.39 is 10.0 Å². The van der Waals surface area contributed by atoms with Crippen LogP contribution in [-0.4, -0.2) is 38.5 Å². The summed E-state index contributed by atoms with van der Waals surface area (Å²) in [5.41, 5.74) is 0.452. The van der Waals surface area contributed by atoms with E-state index in [1.807, 2.05) is 0 Å². The van der Waals surface area contributed by atoms with Gasteiger partial charge in [0.1, 0.15) is 5.75 Å². The Morgan fingerprint density at radius 1 is 1.45 bits per heavy atom. The van der Waals surface area contributed by atoms with E-state index in [1.54, 1.807) is 19.2 Å². The molecule has 0 aliphatic carbocycles. The Bertz CT molecular complexity index is 554. The molecule has 1 rings (SSSR count). The predicted molar refractivity (Wildman–Crippen MR) is 78.2 cm³/mol. The third kappa shape index (κ3) is 3.82. The fraction of sp³-hybridized carbons (Fsp3) is 0.429. The molecule has 0 aliphatic heterocycles. The summed E-state index contributed by atoms with van der Waals surface area (Å²) in [7, 11) is -0.525. The van der Waals surface area contributed by atoms with Crippen LogP contribution >= 0.6 is 0 Å². The lowest BCUT2D eigenvalue weighted by atomic mass is 10.2. The molecule has 6 heteroatoms. The highest BCUT2D eigenvalue weighted by Gasteiger charge is 2.21. The number of hydrogen-bond donors (Lipinski definition) is 1. The van der Waals surface area contributed by atoms with Gasteiger partial charge in [0.2, 0.25) is 10.0 Å². The summed E-state index contributed by atoms with van der Waals surface area (Å²) in [5.74, 6) is 0.473. The van der Waals surface area contributed by atoms with Crippen LogP contribution in [0.5, 0.6) is 5.75 Å². The van der Waals surface area contributed by atoms with Crippen LogP contribution in [0.15, 0.2) is 35.7 Å². The van der Waals surface area contributed by atoms with Crippen molar-refractivity contribution in [3.8, 4) is 5.75 Å². The van der Waals surface area contributed by atoms with E-state index >= 15 is 0 Å². The first kappa shape index (κ1) is 16.7. The van der Waals surface area contributed by atoms with E-state index in [9.17, 15) is 13.5 Å². The molecule has 0 aromatic heterocycles. The number of aliphatic hydroxyl groups excluding tert-OH is 1. The minimum absolute atomic E-state index is 0.156.